The minimum atomic E-state index is -0.560. The van der Waals surface area contributed by atoms with Gasteiger partial charge in [0.05, 0.1) is 18.6 Å². The maximum atomic E-state index is 11.6. The summed E-state index contributed by atoms with van der Waals surface area (Å²) in [5, 5.41) is 25.6. The Hall–Kier alpha value is -0.610. The monoisotopic (exact) mass is 585 g/mol. The van der Waals surface area contributed by atoms with Gasteiger partial charge in [-0.15, -0.1) is 0 Å². The highest BCUT2D eigenvalue weighted by Crippen LogP contribution is 2.20. The highest BCUT2D eigenvalue weighted by molar-refractivity contribution is 5.69. The molecule has 0 heterocycles. The fourth-order valence-electron chi connectivity index (χ4n) is 5.56. The van der Waals surface area contributed by atoms with E-state index in [1.54, 1.807) is 0 Å². The number of aliphatic hydroxyl groups is 2. The number of rotatable bonds is 32. The summed E-state index contributed by atoms with van der Waals surface area (Å²) in [5.74, 6) is -0.654. The van der Waals surface area contributed by atoms with E-state index >= 15 is 0 Å². The molecule has 4 heteroatoms. The number of carboxylic acid groups (broad SMARTS) is 1. The van der Waals surface area contributed by atoms with Crippen LogP contribution in [-0.4, -0.2) is 34.0 Å². The van der Waals surface area contributed by atoms with Crippen molar-refractivity contribution in [1.29, 1.82) is 0 Å². The van der Waals surface area contributed by atoms with Crippen LogP contribution in [0.2, 0.25) is 0 Å². The summed E-state index contributed by atoms with van der Waals surface area (Å²) in [7, 11) is 0. The first kappa shape index (κ1) is 42.5. The lowest BCUT2D eigenvalue weighted by molar-refractivity contribution is -0.142. The molecule has 0 radical (unpaired) electrons. The third-order valence-electron chi connectivity index (χ3n) is 8.43. The van der Waals surface area contributed by atoms with Crippen LogP contribution in [0.25, 0.3) is 0 Å². The fraction of sp³-hybridized carbons (Fsp3) is 0.973. The Morgan fingerprint density at radius 3 is 0.829 bits per heavy atom. The first-order valence-electron chi connectivity index (χ1n) is 18.5. The van der Waals surface area contributed by atoms with E-state index in [9.17, 15) is 9.90 Å². The second-order valence-electron chi connectivity index (χ2n) is 12.8. The molecule has 3 N–H and O–H groups in total. The van der Waals surface area contributed by atoms with Gasteiger partial charge in [-0.3, -0.25) is 4.79 Å². The number of hydrogen-bond donors (Lipinski definition) is 3. The van der Waals surface area contributed by atoms with Crippen molar-refractivity contribution in [3.05, 3.63) is 0 Å². The van der Waals surface area contributed by atoms with Crippen LogP contribution in [0.1, 0.15) is 213 Å². The number of unbranched alkanes of at least 4 members (excludes halogenated alkanes) is 26. The molecule has 0 aromatic heterocycles. The quantitative estimate of drug-likeness (QED) is 0.0687. The summed E-state index contributed by atoms with van der Waals surface area (Å²) < 4.78 is 0. The van der Waals surface area contributed by atoms with Crippen molar-refractivity contribution in [2.24, 2.45) is 5.92 Å². The molecule has 0 aliphatic rings. The molecule has 0 aliphatic carbocycles. The van der Waals surface area contributed by atoms with Gasteiger partial charge in [-0.25, -0.2) is 0 Å². The van der Waals surface area contributed by atoms with Gasteiger partial charge in [0, 0.05) is 0 Å². The molecule has 248 valence electrons. The van der Waals surface area contributed by atoms with Crippen LogP contribution < -0.4 is 0 Å². The van der Waals surface area contributed by atoms with Gasteiger partial charge >= 0.3 is 5.97 Å². The molecule has 41 heavy (non-hydrogen) atoms. The number of hydrogen-bond acceptors (Lipinski definition) is 3. The molecule has 0 amide bonds. The van der Waals surface area contributed by atoms with Gasteiger partial charge in [-0.05, 0) is 19.8 Å². The average Bonchev–Trinajstić information content (AvgIpc) is 2.96. The van der Waals surface area contributed by atoms with Crippen LogP contribution in [-0.2, 0) is 4.79 Å². The van der Waals surface area contributed by atoms with Crippen molar-refractivity contribution in [2.75, 3.05) is 6.61 Å². The van der Waals surface area contributed by atoms with E-state index in [1.165, 1.54) is 174 Å². The molecule has 0 saturated carbocycles. The van der Waals surface area contributed by atoms with Crippen molar-refractivity contribution in [3.8, 4) is 0 Å². The van der Waals surface area contributed by atoms with Gasteiger partial charge in [-0.1, -0.05) is 194 Å². The van der Waals surface area contributed by atoms with Crippen LogP contribution >= 0.6 is 0 Å². The first-order chi connectivity index (χ1) is 20.0. The van der Waals surface area contributed by atoms with Crippen molar-refractivity contribution in [3.63, 3.8) is 0 Å². The standard InChI is InChI=1S/C34H68O2.C3H8O2/c1-3-5-7-9-11-13-15-17-19-21-23-25-27-29-31-33(34(35)36)32-30-28-26-24-22-20-18-16-14-12-10-8-6-4-2;1-3(5)2-4/h33H,3-32H2,1-2H3,(H,35,36);3-5H,2H2,1H3. The normalized spacial score (nSPS) is 12.0. The highest BCUT2D eigenvalue weighted by Gasteiger charge is 2.16. The van der Waals surface area contributed by atoms with Gasteiger partial charge in [0.2, 0.25) is 0 Å². The molecule has 0 aliphatic heterocycles. The predicted octanol–water partition coefficient (Wildman–Crippen LogP) is 11.8. The minimum Gasteiger partial charge on any atom is -0.481 e. The molecule has 0 aromatic carbocycles. The van der Waals surface area contributed by atoms with Gasteiger partial charge in [0.1, 0.15) is 0 Å². The van der Waals surface area contributed by atoms with Crippen LogP contribution in [0.15, 0.2) is 0 Å². The zero-order valence-electron chi connectivity index (χ0n) is 28.3. The topological polar surface area (TPSA) is 77.8 Å². The third-order valence-corrected chi connectivity index (χ3v) is 8.43. The lowest BCUT2D eigenvalue weighted by atomic mass is 9.94. The molecular formula is C37H76O4. The highest BCUT2D eigenvalue weighted by atomic mass is 16.4. The molecular weight excluding hydrogens is 508 g/mol. The summed E-state index contributed by atoms with van der Waals surface area (Å²) in [5.41, 5.74) is 0. The Bertz CT molecular complexity index is 448. The van der Waals surface area contributed by atoms with Crippen LogP contribution in [0, 0.1) is 5.92 Å². The van der Waals surface area contributed by atoms with Gasteiger partial charge in [-0.2, -0.15) is 0 Å². The van der Waals surface area contributed by atoms with Gasteiger partial charge in [0.15, 0.2) is 0 Å². The van der Waals surface area contributed by atoms with E-state index in [2.05, 4.69) is 13.8 Å². The summed E-state index contributed by atoms with van der Waals surface area (Å²) in [4.78, 5) is 11.6. The zero-order chi connectivity index (χ0) is 30.7. The van der Waals surface area contributed by atoms with E-state index in [0.29, 0.717) is 0 Å². The lowest BCUT2D eigenvalue weighted by Crippen LogP contribution is -2.13. The predicted molar refractivity (Wildman–Crippen MR) is 180 cm³/mol. The van der Waals surface area contributed by atoms with Crippen molar-refractivity contribution < 1.29 is 20.1 Å². The minimum absolute atomic E-state index is 0.0975. The molecule has 0 spiro atoms. The largest absolute Gasteiger partial charge is 0.481 e. The Morgan fingerprint density at radius 1 is 0.463 bits per heavy atom. The Labute approximate surface area is 257 Å². The second kappa shape index (κ2) is 37.4. The van der Waals surface area contributed by atoms with E-state index in [0.717, 1.165) is 25.7 Å². The lowest BCUT2D eigenvalue weighted by Gasteiger charge is -2.12. The Morgan fingerprint density at radius 2 is 0.659 bits per heavy atom. The smallest absolute Gasteiger partial charge is 0.306 e. The third kappa shape index (κ3) is 39.4. The van der Waals surface area contributed by atoms with E-state index in [4.69, 9.17) is 10.2 Å². The summed E-state index contributed by atoms with van der Waals surface area (Å²) in [6.07, 6.45) is 39.3. The maximum Gasteiger partial charge on any atom is 0.306 e. The zero-order valence-corrected chi connectivity index (χ0v) is 28.3. The number of aliphatic hydroxyl groups excluding tert-OH is 2. The molecule has 0 rings (SSSR count). The van der Waals surface area contributed by atoms with Crippen LogP contribution in [0.3, 0.4) is 0 Å². The van der Waals surface area contributed by atoms with Crippen molar-refractivity contribution >= 4 is 5.97 Å². The summed E-state index contributed by atoms with van der Waals surface area (Å²) in [6, 6.07) is 0. The van der Waals surface area contributed by atoms with Crippen molar-refractivity contribution in [1.82, 2.24) is 0 Å². The van der Waals surface area contributed by atoms with Crippen LogP contribution in [0.4, 0.5) is 0 Å². The maximum absolute atomic E-state index is 11.6. The number of carboxylic acids is 1. The fourth-order valence-corrected chi connectivity index (χ4v) is 5.56. The molecule has 4 nitrogen and oxygen atoms in total. The van der Waals surface area contributed by atoms with E-state index in [1.807, 2.05) is 0 Å². The second-order valence-corrected chi connectivity index (χ2v) is 12.8. The molecule has 0 aromatic rings. The molecule has 0 fully saturated rings. The number of carbonyl (C=O) groups is 1. The Kier molecular flexibility index (Phi) is 38.8. The van der Waals surface area contributed by atoms with Gasteiger partial charge < -0.3 is 15.3 Å². The molecule has 1 unspecified atom stereocenters. The number of aliphatic carboxylic acids is 1. The Balaban J connectivity index is 0. The van der Waals surface area contributed by atoms with Gasteiger partial charge in [0.25, 0.3) is 0 Å². The first-order valence-corrected chi connectivity index (χ1v) is 18.5. The van der Waals surface area contributed by atoms with Crippen LogP contribution in [0.5, 0.6) is 0 Å². The van der Waals surface area contributed by atoms with E-state index < -0.39 is 12.1 Å². The van der Waals surface area contributed by atoms with E-state index in [-0.39, 0.29) is 12.5 Å². The summed E-state index contributed by atoms with van der Waals surface area (Å²) in [6.45, 7) is 5.96. The average molecular weight is 585 g/mol. The van der Waals surface area contributed by atoms with Crippen molar-refractivity contribution in [2.45, 2.75) is 219 Å². The SMILES string of the molecule is CC(O)CO.CCCCCCCCCCCCCCCCC(CCCCCCCCCCCCCCCC)C(=O)O. The molecule has 1 atom stereocenters. The molecule has 0 bridgehead atoms. The summed E-state index contributed by atoms with van der Waals surface area (Å²) >= 11 is 0. The molecule has 0 saturated heterocycles.